The van der Waals surface area contributed by atoms with Gasteiger partial charge in [-0.3, -0.25) is 10.1 Å². The third-order valence-electron chi connectivity index (χ3n) is 4.08. The summed E-state index contributed by atoms with van der Waals surface area (Å²) >= 11 is 6.14. The SMILES string of the molecule is COCOc1ccc(Cl)cc1-c1cc(-c2cccc([N+](=O)[O-])c2)c(C#N)c(N)n1. The minimum atomic E-state index is -0.505. The molecule has 2 N–H and O–H groups in total. The van der Waals surface area contributed by atoms with Gasteiger partial charge in [0.05, 0.1) is 10.6 Å². The van der Waals surface area contributed by atoms with Crippen LogP contribution < -0.4 is 10.5 Å². The molecule has 0 atom stereocenters. The van der Waals surface area contributed by atoms with Gasteiger partial charge in [-0.25, -0.2) is 4.98 Å². The van der Waals surface area contributed by atoms with Gasteiger partial charge in [0.25, 0.3) is 5.69 Å². The van der Waals surface area contributed by atoms with E-state index in [4.69, 9.17) is 26.8 Å². The van der Waals surface area contributed by atoms with Crippen molar-refractivity contribution >= 4 is 23.1 Å². The number of anilines is 1. The van der Waals surface area contributed by atoms with Gasteiger partial charge in [0.1, 0.15) is 23.2 Å². The molecule has 0 unspecified atom stereocenters. The monoisotopic (exact) mass is 410 g/mol. The van der Waals surface area contributed by atoms with E-state index in [0.717, 1.165) is 0 Å². The number of nitriles is 1. The maximum Gasteiger partial charge on any atom is 0.270 e. The third kappa shape index (κ3) is 4.27. The molecule has 1 aromatic heterocycles. The first kappa shape index (κ1) is 20.1. The molecule has 2 aromatic carbocycles. The van der Waals surface area contributed by atoms with Crippen molar-refractivity contribution in [3.63, 3.8) is 0 Å². The van der Waals surface area contributed by atoms with E-state index in [1.807, 2.05) is 6.07 Å². The zero-order chi connectivity index (χ0) is 21.0. The van der Waals surface area contributed by atoms with E-state index < -0.39 is 4.92 Å². The molecule has 0 bridgehead atoms. The number of hydrogen-bond acceptors (Lipinski definition) is 7. The molecule has 0 aliphatic heterocycles. The number of aromatic nitrogens is 1. The minimum Gasteiger partial charge on any atom is -0.467 e. The summed E-state index contributed by atoms with van der Waals surface area (Å²) in [5.74, 6) is 0.446. The molecule has 0 saturated heterocycles. The van der Waals surface area contributed by atoms with Crippen molar-refractivity contribution in [1.82, 2.24) is 4.98 Å². The van der Waals surface area contributed by atoms with Crippen LogP contribution in [-0.2, 0) is 4.74 Å². The number of halogens is 1. The summed E-state index contributed by atoms with van der Waals surface area (Å²) in [6.45, 7) is 0.0120. The van der Waals surface area contributed by atoms with Crippen molar-refractivity contribution in [1.29, 1.82) is 5.26 Å². The maximum absolute atomic E-state index is 11.1. The van der Waals surface area contributed by atoms with Gasteiger partial charge in [0.2, 0.25) is 0 Å². The second kappa shape index (κ2) is 8.56. The number of nitro groups is 1. The number of hydrogen-bond donors (Lipinski definition) is 1. The first-order valence-electron chi connectivity index (χ1n) is 8.31. The minimum absolute atomic E-state index is 0.0100. The number of nitro benzene ring substituents is 1. The Hall–Kier alpha value is -3.67. The highest BCUT2D eigenvalue weighted by Gasteiger charge is 2.18. The predicted octanol–water partition coefficient (Wildman–Crippen LogP) is 4.41. The van der Waals surface area contributed by atoms with E-state index in [2.05, 4.69) is 4.98 Å². The Bertz CT molecular complexity index is 1130. The van der Waals surface area contributed by atoms with Crippen LogP contribution in [0.3, 0.4) is 0 Å². The van der Waals surface area contributed by atoms with Crippen LogP contribution >= 0.6 is 11.6 Å². The highest BCUT2D eigenvalue weighted by molar-refractivity contribution is 6.31. The number of nitrogen functional groups attached to an aromatic ring is 1. The summed E-state index contributed by atoms with van der Waals surface area (Å²) in [5.41, 5.74) is 7.86. The lowest BCUT2D eigenvalue weighted by Crippen LogP contribution is -2.03. The molecule has 0 fully saturated rings. The lowest BCUT2D eigenvalue weighted by atomic mass is 9.98. The van der Waals surface area contributed by atoms with E-state index in [0.29, 0.717) is 33.2 Å². The number of pyridine rings is 1. The standard InChI is InChI=1S/C20H15ClN4O4/c1-28-11-29-19-6-5-13(21)8-16(19)18-9-15(17(10-22)20(23)24-18)12-3-2-4-14(7-12)25(26)27/h2-9H,11H2,1H3,(H2,23,24). The van der Waals surface area contributed by atoms with E-state index in [1.165, 1.54) is 25.3 Å². The lowest BCUT2D eigenvalue weighted by molar-refractivity contribution is -0.384. The Kier molecular flexibility index (Phi) is 5.93. The molecule has 3 aromatic rings. The highest BCUT2D eigenvalue weighted by atomic mass is 35.5. The smallest absolute Gasteiger partial charge is 0.270 e. The second-order valence-electron chi connectivity index (χ2n) is 5.93. The quantitative estimate of drug-likeness (QED) is 0.362. The van der Waals surface area contributed by atoms with Gasteiger partial charge in [-0.1, -0.05) is 23.7 Å². The topological polar surface area (TPSA) is 124 Å². The first-order valence-corrected chi connectivity index (χ1v) is 8.69. The summed E-state index contributed by atoms with van der Waals surface area (Å²) in [6.07, 6.45) is 0. The van der Waals surface area contributed by atoms with Gasteiger partial charge in [-0.2, -0.15) is 5.26 Å². The van der Waals surface area contributed by atoms with Gasteiger partial charge in [0, 0.05) is 35.4 Å². The molecular formula is C20H15ClN4O4. The van der Waals surface area contributed by atoms with Crippen LogP contribution in [0.25, 0.3) is 22.4 Å². The lowest BCUT2D eigenvalue weighted by Gasteiger charge is -2.14. The molecular weight excluding hydrogens is 396 g/mol. The molecule has 9 heteroatoms. The van der Waals surface area contributed by atoms with E-state index in [-0.39, 0.29) is 23.9 Å². The van der Waals surface area contributed by atoms with Crippen molar-refractivity contribution in [2.45, 2.75) is 0 Å². The molecule has 0 radical (unpaired) electrons. The average Bonchev–Trinajstić information content (AvgIpc) is 2.72. The molecule has 1 heterocycles. The molecule has 3 rings (SSSR count). The van der Waals surface area contributed by atoms with Gasteiger partial charge in [-0.15, -0.1) is 0 Å². The number of rotatable bonds is 6. The molecule has 0 aliphatic rings. The number of nitrogens with two attached hydrogens (primary N) is 1. The normalized spacial score (nSPS) is 10.4. The van der Waals surface area contributed by atoms with Gasteiger partial charge >= 0.3 is 0 Å². The van der Waals surface area contributed by atoms with Crippen LogP contribution in [-0.4, -0.2) is 23.8 Å². The number of benzene rings is 2. The van der Waals surface area contributed by atoms with E-state index in [1.54, 1.807) is 30.3 Å². The van der Waals surface area contributed by atoms with Gasteiger partial charge in [-0.05, 0) is 29.8 Å². The van der Waals surface area contributed by atoms with Crippen LogP contribution in [0, 0.1) is 21.4 Å². The summed E-state index contributed by atoms with van der Waals surface area (Å²) in [6, 6.07) is 14.6. The molecule has 0 saturated carbocycles. The van der Waals surface area contributed by atoms with Crippen molar-refractivity contribution in [2.75, 3.05) is 19.6 Å². The largest absolute Gasteiger partial charge is 0.467 e. The zero-order valence-corrected chi connectivity index (χ0v) is 16.0. The van der Waals surface area contributed by atoms with Crippen molar-refractivity contribution in [2.24, 2.45) is 0 Å². The summed E-state index contributed by atoms with van der Waals surface area (Å²) in [7, 11) is 1.49. The number of ether oxygens (including phenoxy) is 2. The number of methoxy groups -OCH3 is 1. The summed E-state index contributed by atoms with van der Waals surface area (Å²) in [4.78, 5) is 14.9. The predicted molar refractivity (Wildman–Crippen MR) is 108 cm³/mol. The molecule has 8 nitrogen and oxygen atoms in total. The molecule has 0 spiro atoms. The summed E-state index contributed by atoms with van der Waals surface area (Å²) < 4.78 is 10.5. The molecule has 0 aliphatic carbocycles. The first-order chi connectivity index (χ1) is 13.9. The molecule has 0 amide bonds. The van der Waals surface area contributed by atoms with Crippen molar-refractivity contribution < 1.29 is 14.4 Å². The Labute approximate surface area is 171 Å². The van der Waals surface area contributed by atoms with Crippen molar-refractivity contribution in [3.8, 4) is 34.2 Å². The Morgan fingerprint density at radius 3 is 2.72 bits per heavy atom. The number of non-ortho nitro benzene ring substituents is 1. The molecule has 29 heavy (non-hydrogen) atoms. The molecule has 146 valence electrons. The van der Waals surface area contributed by atoms with Crippen LogP contribution in [0.2, 0.25) is 5.02 Å². The zero-order valence-electron chi connectivity index (χ0n) is 15.3. The van der Waals surface area contributed by atoms with Crippen LogP contribution in [0.4, 0.5) is 11.5 Å². The fourth-order valence-corrected chi connectivity index (χ4v) is 2.96. The Morgan fingerprint density at radius 1 is 1.24 bits per heavy atom. The average molecular weight is 411 g/mol. The highest BCUT2D eigenvalue weighted by Crippen LogP contribution is 2.37. The van der Waals surface area contributed by atoms with Crippen LogP contribution in [0.1, 0.15) is 5.56 Å². The Morgan fingerprint density at radius 2 is 2.03 bits per heavy atom. The van der Waals surface area contributed by atoms with E-state index >= 15 is 0 Å². The van der Waals surface area contributed by atoms with Crippen LogP contribution in [0.5, 0.6) is 5.75 Å². The van der Waals surface area contributed by atoms with Gasteiger partial charge < -0.3 is 15.2 Å². The third-order valence-corrected chi connectivity index (χ3v) is 4.31. The van der Waals surface area contributed by atoms with Gasteiger partial charge in [0.15, 0.2) is 6.79 Å². The summed E-state index contributed by atoms with van der Waals surface area (Å²) in [5, 5.41) is 21.1. The fourth-order valence-electron chi connectivity index (χ4n) is 2.79. The van der Waals surface area contributed by atoms with Crippen LogP contribution in [0.15, 0.2) is 48.5 Å². The fraction of sp³-hybridized carbons (Fsp3) is 0.100. The maximum atomic E-state index is 11.1. The second-order valence-corrected chi connectivity index (χ2v) is 6.36. The number of nitrogens with zero attached hydrogens (tertiary/aromatic N) is 3. The Balaban J connectivity index is 2.22. The van der Waals surface area contributed by atoms with E-state index in [9.17, 15) is 15.4 Å². The van der Waals surface area contributed by atoms with Crippen molar-refractivity contribution in [3.05, 3.63) is 69.2 Å².